The molecule has 0 saturated heterocycles. The molecule has 4 rings (SSSR count). The van der Waals surface area contributed by atoms with Crippen molar-refractivity contribution in [2.45, 2.75) is 23.3 Å². The van der Waals surface area contributed by atoms with Gasteiger partial charge in [-0.25, -0.2) is 8.42 Å². The van der Waals surface area contributed by atoms with Gasteiger partial charge in [0.25, 0.3) is 0 Å². The predicted molar refractivity (Wildman–Crippen MR) is 121 cm³/mol. The Hall–Kier alpha value is -3.24. The SMILES string of the molecule is CCOc1ccc(-c2nc(S(=O)(=O)c3ccc4c(c3)OCCO4)c(NCCCOC)o2)cc1. The maximum Gasteiger partial charge on any atom is 0.233 e. The molecule has 0 radical (unpaired) electrons. The summed E-state index contributed by atoms with van der Waals surface area (Å²) < 4.78 is 54.5. The van der Waals surface area contributed by atoms with Gasteiger partial charge in [0.15, 0.2) is 11.5 Å². The number of rotatable bonds is 10. The molecule has 33 heavy (non-hydrogen) atoms. The van der Waals surface area contributed by atoms with E-state index in [0.29, 0.717) is 62.2 Å². The number of sulfone groups is 1. The van der Waals surface area contributed by atoms with Crippen molar-refractivity contribution in [3.63, 3.8) is 0 Å². The van der Waals surface area contributed by atoms with Crippen molar-refractivity contribution in [2.75, 3.05) is 45.4 Å². The van der Waals surface area contributed by atoms with Gasteiger partial charge in [-0.15, -0.1) is 0 Å². The van der Waals surface area contributed by atoms with E-state index < -0.39 is 9.84 Å². The minimum Gasteiger partial charge on any atom is -0.494 e. The Balaban J connectivity index is 1.70. The number of hydrogen-bond acceptors (Lipinski definition) is 9. The number of hydrogen-bond donors (Lipinski definition) is 1. The number of fused-ring (bicyclic) bond motifs is 1. The molecule has 1 aliphatic rings. The average molecular weight is 475 g/mol. The summed E-state index contributed by atoms with van der Waals surface area (Å²) in [6.07, 6.45) is 0.666. The van der Waals surface area contributed by atoms with Gasteiger partial charge in [-0.1, -0.05) is 0 Å². The Morgan fingerprint density at radius 3 is 2.55 bits per heavy atom. The van der Waals surface area contributed by atoms with E-state index in [1.54, 1.807) is 37.4 Å². The normalized spacial score (nSPS) is 13.0. The van der Waals surface area contributed by atoms with Gasteiger partial charge >= 0.3 is 0 Å². The molecule has 10 heteroatoms. The fraction of sp³-hybridized carbons (Fsp3) is 0.348. The van der Waals surface area contributed by atoms with Gasteiger partial charge in [-0.05, 0) is 49.7 Å². The number of benzene rings is 2. The van der Waals surface area contributed by atoms with Gasteiger partial charge in [0, 0.05) is 31.9 Å². The standard InChI is InChI=1S/C23H26N2O7S/c1-3-29-17-7-5-16(6-8-17)21-25-23(22(32-21)24-11-4-12-28-2)33(26,27)18-9-10-19-20(15-18)31-14-13-30-19/h5-10,15,24H,3-4,11-14H2,1-2H3. The molecule has 0 amide bonds. The van der Waals surface area contributed by atoms with Crippen molar-refractivity contribution < 1.29 is 31.8 Å². The third-order valence-electron chi connectivity index (χ3n) is 4.90. The summed E-state index contributed by atoms with van der Waals surface area (Å²) >= 11 is 0. The Morgan fingerprint density at radius 1 is 1.06 bits per heavy atom. The average Bonchev–Trinajstić information content (AvgIpc) is 3.27. The number of nitrogens with one attached hydrogen (secondary N) is 1. The van der Waals surface area contributed by atoms with E-state index in [0.717, 1.165) is 0 Å². The molecule has 0 aliphatic carbocycles. The summed E-state index contributed by atoms with van der Waals surface area (Å²) in [5, 5.41) is 2.85. The van der Waals surface area contributed by atoms with Crippen LogP contribution < -0.4 is 19.5 Å². The summed E-state index contributed by atoms with van der Waals surface area (Å²) in [5.41, 5.74) is 0.627. The third-order valence-corrected chi connectivity index (χ3v) is 6.56. The highest BCUT2D eigenvalue weighted by Crippen LogP contribution is 2.37. The molecule has 0 fully saturated rings. The second-order valence-corrected chi connectivity index (χ2v) is 9.06. The molecular weight excluding hydrogens is 448 g/mol. The largest absolute Gasteiger partial charge is 0.494 e. The topological polar surface area (TPSA) is 109 Å². The highest BCUT2D eigenvalue weighted by Gasteiger charge is 2.30. The minimum absolute atomic E-state index is 0.0400. The van der Waals surface area contributed by atoms with Gasteiger partial charge in [0.1, 0.15) is 19.0 Å². The molecule has 3 aromatic rings. The van der Waals surface area contributed by atoms with Gasteiger partial charge in [-0.3, -0.25) is 0 Å². The van der Waals surface area contributed by atoms with Crippen LogP contribution in [0.3, 0.4) is 0 Å². The highest BCUT2D eigenvalue weighted by molar-refractivity contribution is 7.91. The zero-order chi connectivity index (χ0) is 23.3. The van der Waals surface area contributed by atoms with Crippen molar-refractivity contribution in [3.05, 3.63) is 42.5 Å². The molecule has 2 aromatic carbocycles. The predicted octanol–water partition coefficient (Wildman–Crippen LogP) is 3.79. The first kappa shape index (κ1) is 22.9. The second-order valence-electron chi connectivity index (χ2n) is 7.19. The summed E-state index contributed by atoms with van der Waals surface area (Å²) in [6.45, 7) is 4.20. The maximum absolute atomic E-state index is 13.5. The smallest absolute Gasteiger partial charge is 0.233 e. The molecule has 9 nitrogen and oxygen atoms in total. The fourth-order valence-corrected chi connectivity index (χ4v) is 4.60. The quantitative estimate of drug-likeness (QED) is 0.439. The van der Waals surface area contributed by atoms with Crippen LogP contribution in [0.5, 0.6) is 17.2 Å². The second kappa shape index (κ2) is 10.1. The first-order chi connectivity index (χ1) is 16.0. The maximum atomic E-state index is 13.5. The zero-order valence-corrected chi connectivity index (χ0v) is 19.3. The van der Waals surface area contributed by atoms with Crippen molar-refractivity contribution in [3.8, 4) is 28.7 Å². The molecule has 1 aromatic heterocycles. The molecule has 1 N–H and O–H groups in total. The van der Waals surface area contributed by atoms with E-state index in [-0.39, 0.29) is 21.7 Å². The van der Waals surface area contributed by atoms with Crippen LogP contribution in [0.4, 0.5) is 5.88 Å². The summed E-state index contributed by atoms with van der Waals surface area (Å²) in [4.78, 5) is 4.39. The van der Waals surface area contributed by atoms with Crippen LogP contribution in [0.1, 0.15) is 13.3 Å². The fourth-order valence-electron chi connectivity index (χ4n) is 3.30. The molecule has 1 aliphatic heterocycles. The van der Waals surface area contributed by atoms with Gasteiger partial charge in [0.2, 0.25) is 26.6 Å². The van der Waals surface area contributed by atoms with Crippen LogP contribution >= 0.6 is 0 Å². The highest BCUT2D eigenvalue weighted by atomic mass is 32.2. The van der Waals surface area contributed by atoms with Crippen LogP contribution in [0, 0.1) is 0 Å². The van der Waals surface area contributed by atoms with Crippen molar-refractivity contribution in [1.82, 2.24) is 4.98 Å². The lowest BCUT2D eigenvalue weighted by Crippen LogP contribution is -2.16. The third kappa shape index (κ3) is 5.07. The van der Waals surface area contributed by atoms with Crippen LogP contribution in [-0.4, -0.2) is 53.5 Å². The van der Waals surface area contributed by atoms with E-state index in [4.69, 9.17) is 23.4 Å². The summed E-state index contributed by atoms with van der Waals surface area (Å²) in [7, 11) is -2.40. The molecule has 176 valence electrons. The monoisotopic (exact) mass is 474 g/mol. The number of oxazole rings is 1. The first-order valence-corrected chi connectivity index (χ1v) is 12.1. The molecule has 0 saturated carbocycles. The lowest BCUT2D eigenvalue weighted by Gasteiger charge is -2.18. The lowest BCUT2D eigenvalue weighted by molar-refractivity contribution is 0.171. The molecule has 0 unspecified atom stereocenters. The molecule has 2 heterocycles. The zero-order valence-electron chi connectivity index (χ0n) is 18.5. The number of nitrogens with zero attached hydrogens (tertiary/aromatic N) is 1. The van der Waals surface area contributed by atoms with Crippen LogP contribution in [0.25, 0.3) is 11.5 Å². The van der Waals surface area contributed by atoms with E-state index in [2.05, 4.69) is 10.3 Å². The van der Waals surface area contributed by atoms with Crippen molar-refractivity contribution in [2.24, 2.45) is 0 Å². The number of aromatic nitrogens is 1. The first-order valence-electron chi connectivity index (χ1n) is 10.6. The number of anilines is 1. The van der Waals surface area contributed by atoms with Crippen LogP contribution in [0.15, 0.2) is 56.8 Å². The lowest BCUT2D eigenvalue weighted by atomic mass is 10.2. The van der Waals surface area contributed by atoms with E-state index in [1.165, 1.54) is 12.1 Å². The molecule has 0 atom stereocenters. The number of methoxy groups -OCH3 is 1. The van der Waals surface area contributed by atoms with Gasteiger partial charge in [0.05, 0.1) is 11.5 Å². The van der Waals surface area contributed by atoms with E-state index >= 15 is 0 Å². The Labute approximate surface area is 192 Å². The van der Waals surface area contributed by atoms with Gasteiger partial charge in [-0.2, -0.15) is 4.98 Å². The van der Waals surface area contributed by atoms with Crippen LogP contribution in [0.2, 0.25) is 0 Å². The van der Waals surface area contributed by atoms with E-state index in [1.807, 2.05) is 6.92 Å². The minimum atomic E-state index is -4.01. The molecule has 0 bridgehead atoms. The van der Waals surface area contributed by atoms with Crippen molar-refractivity contribution >= 4 is 15.7 Å². The summed E-state index contributed by atoms with van der Waals surface area (Å²) in [5.74, 6) is 1.85. The van der Waals surface area contributed by atoms with E-state index in [9.17, 15) is 8.42 Å². The molecular formula is C23H26N2O7S. The van der Waals surface area contributed by atoms with Crippen molar-refractivity contribution in [1.29, 1.82) is 0 Å². The Kier molecular flexibility index (Phi) is 7.05. The van der Waals surface area contributed by atoms with Gasteiger partial charge < -0.3 is 28.7 Å². The Morgan fingerprint density at radius 2 is 1.82 bits per heavy atom. The van der Waals surface area contributed by atoms with Crippen LogP contribution in [-0.2, 0) is 14.6 Å². The summed E-state index contributed by atoms with van der Waals surface area (Å²) in [6, 6.07) is 11.6. The Bertz CT molecular complexity index is 1190. The molecule has 0 spiro atoms. The number of ether oxygens (including phenoxy) is 4.